The summed E-state index contributed by atoms with van der Waals surface area (Å²) in [6.07, 6.45) is 1.83. The summed E-state index contributed by atoms with van der Waals surface area (Å²) in [5.74, 6) is -3.66. The second-order valence-electron chi connectivity index (χ2n) is 7.39. The SMILES string of the molecule is Cc1nn(C(C)(C)C)cc1C(C)Nc1ccc(S(=O)(=O)C(F)F)cc1[N+](=O)[O-]. The van der Waals surface area contributed by atoms with E-state index in [1.165, 1.54) is 0 Å². The lowest BCUT2D eigenvalue weighted by Gasteiger charge is -2.19. The lowest BCUT2D eigenvalue weighted by Crippen LogP contribution is -2.22. The quantitative estimate of drug-likeness (QED) is 0.563. The summed E-state index contributed by atoms with van der Waals surface area (Å²) >= 11 is 0. The van der Waals surface area contributed by atoms with E-state index in [-0.39, 0.29) is 11.2 Å². The number of sulfone groups is 1. The first-order valence-corrected chi connectivity index (χ1v) is 9.93. The van der Waals surface area contributed by atoms with Crippen molar-refractivity contribution in [2.45, 2.75) is 56.9 Å². The number of aryl methyl sites for hydroxylation is 1. The van der Waals surface area contributed by atoms with Gasteiger partial charge in [0.2, 0.25) is 9.84 Å². The number of anilines is 1. The lowest BCUT2D eigenvalue weighted by molar-refractivity contribution is -0.384. The molecule has 0 amide bonds. The molecule has 0 aliphatic heterocycles. The Hall–Kier alpha value is -2.56. The number of benzene rings is 1. The Morgan fingerprint density at radius 1 is 1.29 bits per heavy atom. The largest absolute Gasteiger partial charge is 0.373 e. The van der Waals surface area contributed by atoms with Crippen LogP contribution in [0, 0.1) is 17.0 Å². The number of hydrogen-bond donors (Lipinski definition) is 1. The Kier molecular flexibility index (Phi) is 5.79. The number of nitrogens with one attached hydrogen (secondary N) is 1. The first-order valence-electron chi connectivity index (χ1n) is 8.39. The maximum absolute atomic E-state index is 12.7. The van der Waals surface area contributed by atoms with Gasteiger partial charge in [0.25, 0.3) is 5.69 Å². The molecule has 11 heteroatoms. The molecule has 0 aliphatic carbocycles. The Labute approximate surface area is 161 Å². The predicted molar refractivity (Wildman–Crippen MR) is 100 cm³/mol. The Bertz CT molecular complexity index is 997. The number of halogens is 2. The van der Waals surface area contributed by atoms with E-state index in [2.05, 4.69) is 10.4 Å². The van der Waals surface area contributed by atoms with Gasteiger partial charge in [-0.3, -0.25) is 14.8 Å². The van der Waals surface area contributed by atoms with Crippen LogP contribution >= 0.6 is 0 Å². The van der Waals surface area contributed by atoms with Gasteiger partial charge in [0.05, 0.1) is 27.1 Å². The van der Waals surface area contributed by atoms with Gasteiger partial charge < -0.3 is 5.32 Å². The molecular formula is C17H22F2N4O4S. The number of nitro benzene ring substituents is 1. The summed E-state index contributed by atoms with van der Waals surface area (Å²) in [5, 5.41) is 18.8. The Morgan fingerprint density at radius 3 is 2.36 bits per heavy atom. The predicted octanol–water partition coefficient (Wildman–Crippen LogP) is 4.02. The first kappa shape index (κ1) is 21.7. The summed E-state index contributed by atoms with van der Waals surface area (Å²) in [7, 11) is -4.93. The molecular weight excluding hydrogens is 394 g/mol. The molecule has 1 N–H and O–H groups in total. The standard InChI is InChI=1S/C17H22F2N4O4S/c1-10(13-9-22(17(3,4)5)21-11(13)2)20-14-7-6-12(8-15(14)23(24)25)28(26,27)16(18)19/h6-10,16,20H,1-5H3. The van der Waals surface area contributed by atoms with E-state index in [1.54, 1.807) is 11.6 Å². The van der Waals surface area contributed by atoms with Gasteiger partial charge in [0.1, 0.15) is 5.69 Å². The highest BCUT2D eigenvalue weighted by Crippen LogP contribution is 2.33. The molecule has 1 aromatic heterocycles. The smallest absolute Gasteiger partial charge is 0.341 e. The molecule has 0 radical (unpaired) electrons. The average Bonchev–Trinajstić information content (AvgIpc) is 2.96. The van der Waals surface area contributed by atoms with E-state index in [1.807, 2.05) is 33.9 Å². The number of rotatable bonds is 6. The minimum absolute atomic E-state index is 0.0219. The second-order valence-corrected chi connectivity index (χ2v) is 9.31. The van der Waals surface area contributed by atoms with Crippen LogP contribution in [-0.2, 0) is 15.4 Å². The number of nitro groups is 1. The molecule has 1 atom stereocenters. The van der Waals surface area contributed by atoms with Crippen molar-refractivity contribution >= 4 is 21.2 Å². The van der Waals surface area contributed by atoms with Crippen molar-refractivity contribution in [3.8, 4) is 0 Å². The molecule has 2 rings (SSSR count). The number of nitrogens with zero attached hydrogens (tertiary/aromatic N) is 3. The van der Waals surface area contributed by atoms with E-state index >= 15 is 0 Å². The van der Waals surface area contributed by atoms with Crippen molar-refractivity contribution in [2.24, 2.45) is 0 Å². The highest BCUT2D eigenvalue weighted by atomic mass is 32.2. The molecule has 8 nitrogen and oxygen atoms in total. The maximum Gasteiger partial charge on any atom is 0.341 e. The van der Waals surface area contributed by atoms with Crippen LogP contribution in [0.15, 0.2) is 29.3 Å². The van der Waals surface area contributed by atoms with E-state index < -0.39 is 37.1 Å². The lowest BCUT2D eigenvalue weighted by atomic mass is 10.1. The summed E-state index contributed by atoms with van der Waals surface area (Å²) in [6, 6.07) is 2.29. The zero-order chi connectivity index (χ0) is 21.4. The van der Waals surface area contributed by atoms with Gasteiger partial charge >= 0.3 is 5.76 Å². The van der Waals surface area contributed by atoms with Gasteiger partial charge in [-0.05, 0) is 46.8 Å². The molecule has 0 aliphatic rings. The van der Waals surface area contributed by atoms with Crippen molar-refractivity contribution in [3.63, 3.8) is 0 Å². The molecule has 1 unspecified atom stereocenters. The molecule has 0 saturated heterocycles. The topological polar surface area (TPSA) is 107 Å². The fourth-order valence-electron chi connectivity index (χ4n) is 2.62. The van der Waals surface area contributed by atoms with Crippen LogP contribution in [0.3, 0.4) is 0 Å². The Morgan fingerprint density at radius 2 is 1.89 bits per heavy atom. The maximum atomic E-state index is 12.7. The van der Waals surface area contributed by atoms with Crippen LogP contribution in [-0.4, -0.2) is 28.9 Å². The van der Waals surface area contributed by atoms with E-state index in [0.29, 0.717) is 6.07 Å². The van der Waals surface area contributed by atoms with Crippen molar-refractivity contribution in [1.82, 2.24) is 9.78 Å². The zero-order valence-electron chi connectivity index (χ0n) is 16.1. The van der Waals surface area contributed by atoms with Crippen LogP contribution in [0.4, 0.5) is 20.2 Å². The number of alkyl halides is 2. The van der Waals surface area contributed by atoms with Gasteiger partial charge in [0.15, 0.2) is 0 Å². The number of hydrogen-bond acceptors (Lipinski definition) is 6. The fourth-order valence-corrected chi connectivity index (χ4v) is 3.36. The first-order chi connectivity index (χ1) is 12.7. The van der Waals surface area contributed by atoms with E-state index in [9.17, 15) is 27.3 Å². The molecule has 28 heavy (non-hydrogen) atoms. The van der Waals surface area contributed by atoms with Gasteiger partial charge in [-0.15, -0.1) is 0 Å². The van der Waals surface area contributed by atoms with Crippen LogP contribution in [0.5, 0.6) is 0 Å². The number of aromatic nitrogens is 2. The molecule has 0 saturated carbocycles. The van der Waals surface area contributed by atoms with Gasteiger partial charge in [0, 0.05) is 17.8 Å². The summed E-state index contributed by atoms with van der Waals surface area (Å²) in [4.78, 5) is 9.74. The molecule has 0 fully saturated rings. The van der Waals surface area contributed by atoms with Crippen LogP contribution < -0.4 is 5.32 Å². The highest BCUT2D eigenvalue weighted by molar-refractivity contribution is 7.91. The van der Waals surface area contributed by atoms with E-state index in [0.717, 1.165) is 23.4 Å². The molecule has 1 heterocycles. The van der Waals surface area contributed by atoms with Crippen LogP contribution in [0.1, 0.15) is 45.0 Å². The third-order valence-electron chi connectivity index (χ3n) is 4.19. The molecule has 0 spiro atoms. The second kappa shape index (κ2) is 7.46. The van der Waals surface area contributed by atoms with Crippen LogP contribution in [0.2, 0.25) is 0 Å². The van der Waals surface area contributed by atoms with Gasteiger partial charge in [-0.1, -0.05) is 0 Å². The minimum atomic E-state index is -4.93. The summed E-state index contributed by atoms with van der Waals surface area (Å²) in [6.45, 7) is 9.52. The van der Waals surface area contributed by atoms with Crippen molar-refractivity contribution < 1.29 is 22.1 Å². The normalized spacial score (nSPS) is 13.6. The van der Waals surface area contributed by atoms with Crippen LogP contribution in [0.25, 0.3) is 0 Å². The fraction of sp³-hybridized carbons (Fsp3) is 0.471. The molecule has 154 valence electrons. The minimum Gasteiger partial charge on any atom is -0.373 e. The van der Waals surface area contributed by atoms with E-state index in [4.69, 9.17) is 0 Å². The highest BCUT2D eigenvalue weighted by Gasteiger charge is 2.30. The van der Waals surface area contributed by atoms with Crippen molar-refractivity contribution in [3.05, 3.63) is 45.8 Å². The summed E-state index contributed by atoms with van der Waals surface area (Å²) in [5.41, 5.74) is 0.700. The van der Waals surface area contributed by atoms with Crippen molar-refractivity contribution in [2.75, 3.05) is 5.32 Å². The molecule has 0 bridgehead atoms. The third kappa shape index (κ3) is 4.29. The zero-order valence-corrected chi connectivity index (χ0v) is 16.9. The monoisotopic (exact) mass is 416 g/mol. The van der Waals surface area contributed by atoms with Gasteiger partial charge in [-0.25, -0.2) is 8.42 Å². The third-order valence-corrected chi connectivity index (χ3v) is 5.57. The summed E-state index contributed by atoms with van der Waals surface area (Å²) < 4.78 is 50.4. The molecule has 2 aromatic rings. The van der Waals surface area contributed by atoms with Gasteiger partial charge in [-0.2, -0.15) is 13.9 Å². The molecule has 1 aromatic carbocycles. The average molecular weight is 416 g/mol. The Balaban J connectivity index is 2.41. The van der Waals surface area contributed by atoms with Crippen molar-refractivity contribution in [1.29, 1.82) is 0 Å².